The van der Waals surface area contributed by atoms with Crippen molar-refractivity contribution < 1.29 is 9.52 Å². The van der Waals surface area contributed by atoms with E-state index < -0.39 is 6.10 Å². The highest BCUT2D eigenvalue weighted by atomic mass is 16.3. The van der Waals surface area contributed by atoms with Crippen LogP contribution in [0.25, 0.3) is 22.3 Å². The number of aliphatic hydroxyl groups excluding tert-OH is 1. The van der Waals surface area contributed by atoms with Crippen molar-refractivity contribution in [2.24, 2.45) is 0 Å². The van der Waals surface area contributed by atoms with E-state index in [1.165, 1.54) is 6.07 Å². The Balaban J connectivity index is 2.35. The molecule has 1 atom stereocenters. The standard InChI is InChI=1S/C17H15NO3/c1-10-7-13(11(2)19)17-14(8-10)15(20)9-16(21-17)12-3-5-18-6-4-12/h3-9,11,19H,1-2H3. The Hall–Kier alpha value is -2.46. The Kier molecular flexibility index (Phi) is 3.31. The monoisotopic (exact) mass is 281 g/mol. The van der Waals surface area contributed by atoms with Crippen molar-refractivity contribution in [2.45, 2.75) is 20.0 Å². The smallest absolute Gasteiger partial charge is 0.193 e. The third-order valence-corrected chi connectivity index (χ3v) is 3.42. The molecule has 4 nitrogen and oxygen atoms in total. The normalized spacial score (nSPS) is 12.5. The minimum Gasteiger partial charge on any atom is -0.455 e. The summed E-state index contributed by atoms with van der Waals surface area (Å²) < 4.78 is 5.89. The van der Waals surface area contributed by atoms with Crippen molar-refractivity contribution in [2.75, 3.05) is 0 Å². The summed E-state index contributed by atoms with van der Waals surface area (Å²) in [6.45, 7) is 3.55. The van der Waals surface area contributed by atoms with Gasteiger partial charge < -0.3 is 9.52 Å². The van der Waals surface area contributed by atoms with Crippen LogP contribution in [0.3, 0.4) is 0 Å². The summed E-state index contributed by atoms with van der Waals surface area (Å²) in [7, 11) is 0. The fraction of sp³-hybridized carbons (Fsp3) is 0.176. The highest BCUT2D eigenvalue weighted by molar-refractivity contribution is 5.82. The number of pyridine rings is 1. The molecular weight excluding hydrogens is 266 g/mol. The lowest BCUT2D eigenvalue weighted by Crippen LogP contribution is -2.04. The number of aliphatic hydroxyl groups is 1. The molecule has 0 amide bonds. The van der Waals surface area contributed by atoms with Crippen molar-refractivity contribution in [1.29, 1.82) is 0 Å². The van der Waals surface area contributed by atoms with Crippen LogP contribution in [0.5, 0.6) is 0 Å². The van der Waals surface area contributed by atoms with E-state index in [9.17, 15) is 9.90 Å². The van der Waals surface area contributed by atoms with E-state index in [1.807, 2.05) is 13.0 Å². The van der Waals surface area contributed by atoms with Crippen LogP contribution in [0.1, 0.15) is 24.2 Å². The molecule has 2 aromatic heterocycles. The number of rotatable bonds is 2. The fourth-order valence-electron chi connectivity index (χ4n) is 2.40. The van der Waals surface area contributed by atoms with Gasteiger partial charge in [0.2, 0.25) is 0 Å². The molecule has 2 heterocycles. The topological polar surface area (TPSA) is 63.3 Å². The van der Waals surface area contributed by atoms with Gasteiger partial charge in [0.15, 0.2) is 5.43 Å². The molecule has 1 aromatic carbocycles. The number of aromatic nitrogens is 1. The largest absolute Gasteiger partial charge is 0.455 e. The molecule has 0 aliphatic carbocycles. The third kappa shape index (κ3) is 2.45. The number of fused-ring (bicyclic) bond motifs is 1. The van der Waals surface area contributed by atoms with Crippen LogP contribution in [0.15, 0.2) is 51.9 Å². The van der Waals surface area contributed by atoms with Gasteiger partial charge in [0.05, 0.1) is 11.5 Å². The Morgan fingerprint density at radius 1 is 1.19 bits per heavy atom. The SMILES string of the molecule is Cc1cc(C(C)O)c2oc(-c3ccncc3)cc(=O)c2c1. The van der Waals surface area contributed by atoms with Crippen molar-refractivity contribution in [3.63, 3.8) is 0 Å². The van der Waals surface area contributed by atoms with E-state index in [1.54, 1.807) is 37.5 Å². The van der Waals surface area contributed by atoms with Gasteiger partial charge in [-0.1, -0.05) is 0 Å². The molecule has 0 saturated heterocycles. The molecule has 1 unspecified atom stereocenters. The maximum absolute atomic E-state index is 12.3. The average molecular weight is 281 g/mol. The predicted octanol–water partition coefficient (Wildman–Crippen LogP) is 3.22. The van der Waals surface area contributed by atoms with Gasteiger partial charge in [-0.25, -0.2) is 0 Å². The summed E-state index contributed by atoms with van der Waals surface area (Å²) in [6, 6.07) is 8.65. The van der Waals surface area contributed by atoms with Crippen LogP contribution in [-0.2, 0) is 0 Å². The molecule has 0 fully saturated rings. The molecule has 1 N–H and O–H groups in total. The van der Waals surface area contributed by atoms with Gasteiger partial charge in [0.25, 0.3) is 0 Å². The summed E-state index contributed by atoms with van der Waals surface area (Å²) >= 11 is 0. The number of hydrogen-bond donors (Lipinski definition) is 1. The van der Waals surface area contributed by atoms with Crippen molar-refractivity contribution in [3.05, 3.63) is 64.1 Å². The fourth-order valence-corrected chi connectivity index (χ4v) is 2.40. The lowest BCUT2D eigenvalue weighted by molar-refractivity contribution is 0.199. The predicted molar refractivity (Wildman–Crippen MR) is 81.1 cm³/mol. The maximum atomic E-state index is 12.3. The molecule has 3 aromatic rings. The van der Waals surface area contributed by atoms with E-state index in [-0.39, 0.29) is 5.43 Å². The minimum atomic E-state index is -0.705. The molecule has 3 rings (SSSR count). The van der Waals surface area contributed by atoms with Gasteiger partial charge in [-0.05, 0) is 43.7 Å². The van der Waals surface area contributed by atoms with E-state index in [0.29, 0.717) is 22.3 Å². The first kappa shape index (κ1) is 13.5. The highest BCUT2D eigenvalue weighted by Gasteiger charge is 2.14. The van der Waals surface area contributed by atoms with Gasteiger partial charge in [-0.2, -0.15) is 0 Å². The second-order valence-corrected chi connectivity index (χ2v) is 5.12. The molecule has 106 valence electrons. The first-order valence-electron chi connectivity index (χ1n) is 6.73. The van der Waals surface area contributed by atoms with E-state index >= 15 is 0 Å². The Morgan fingerprint density at radius 2 is 1.90 bits per heavy atom. The van der Waals surface area contributed by atoms with Crippen LogP contribution in [-0.4, -0.2) is 10.1 Å². The molecule has 0 spiro atoms. The molecule has 0 aliphatic rings. The Morgan fingerprint density at radius 3 is 2.57 bits per heavy atom. The molecule has 0 radical (unpaired) electrons. The van der Waals surface area contributed by atoms with Crippen LogP contribution < -0.4 is 5.43 Å². The lowest BCUT2D eigenvalue weighted by atomic mass is 10.0. The number of nitrogens with zero attached hydrogens (tertiary/aromatic N) is 1. The zero-order chi connectivity index (χ0) is 15.0. The van der Waals surface area contributed by atoms with E-state index in [0.717, 1.165) is 11.1 Å². The van der Waals surface area contributed by atoms with E-state index in [4.69, 9.17) is 4.42 Å². The van der Waals surface area contributed by atoms with Crippen molar-refractivity contribution in [1.82, 2.24) is 4.98 Å². The average Bonchev–Trinajstić information content (AvgIpc) is 2.48. The Labute approximate surface area is 121 Å². The van der Waals surface area contributed by atoms with Gasteiger partial charge in [-0.15, -0.1) is 0 Å². The summed E-state index contributed by atoms with van der Waals surface area (Å²) in [5, 5.41) is 10.4. The van der Waals surface area contributed by atoms with Crippen molar-refractivity contribution in [3.8, 4) is 11.3 Å². The van der Waals surface area contributed by atoms with Crippen molar-refractivity contribution >= 4 is 11.0 Å². The summed E-state index contributed by atoms with van der Waals surface area (Å²) in [5.74, 6) is 0.473. The first-order valence-corrected chi connectivity index (χ1v) is 6.73. The second kappa shape index (κ2) is 5.14. The summed E-state index contributed by atoms with van der Waals surface area (Å²) in [4.78, 5) is 16.3. The maximum Gasteiger partial charge on any atom is 0.193 e. The minimum absolute atomic E-state index is 0.117. The van der Waals surface area contributed by atoms with Crippen LogP contribution >= 0.6 is 0 Å². The molecule has 21 heavy (non-hydrogen) atoms. The zero-order valence-corrected chi connectivity index (χ0v) is 11.8. The highest BCUT2D eigenvalue weighted by Crippen LogP contribution is 2.28. The number of benzene rings is 1. The first-order chi connectivity index (χ1) is 10.1. The quantitative estimate of drug-likeness (QED) is 0.783. The molecule has 4 heteroatoms. The zero-order valence-electron chi connectivity index (χ0n) is 11.8. The number of hydrogen-bond acceptors (Lipinski definition) is 4. The van der Waals surface area contributed by atoms with Crippen LogP contribution in [0, 0.1) is 6.92 Å². The molecule has 0 saturated carbocycles. The molecule has 0 bridgehead atoms. The van der Waals surface area contributed by atoms with Crippen LogP contribution in [0.4, 0.5) is 0 Å². The summed E-state index contributed by atoms with van der Waals surface area (Å²) in [5.41, 5.74) is 2.64. The van der Waals surface area contributed by atoms with Gasteiger partial charge >= 0.3 is 0 Å². The Bertz CT molecular complexity index is 851. The van der Waals surface area contributed by atoms with Gasteiger partial charge in [0.1, 0.15) is 11.3 Å². The second-order valence-electron chi connectivity index (χ2n) is 5.12. The van der Waals surface area contributed by atoms with Crippen LogP contribution in [0.2, 0.25) is 0 Å². The lowest BCUT2D eigenvalue weighted by Gasteiger charge is -2.11. The number of aryl methyl sites for hydroxylation is 1. The van der Waals surface area contributed by atoms with E-state index in [2.05, 4.69) is 4.98 Å². The summed E-state index contributed by atoms with van der Waals surface area (Å²) in [6.07, 6.45) is 2.58. The molecule has 0 aliphatic heterocycles. The van der Waals surface area contributed by atoms with Gasteiger partial charge in [0, 0.05) is 29.6 Å². The third-order valence-electron chi connectivity index (χ3n) is 3.42. The van der Waals surface area contributed by atoms with Gasteiger partial charge in [-0.3, -0.25) is 9.78 Å². The molecular formula is C17H15NO3.